The highest BCUT2D eigenvalue weighted by Gasteiger charge is 2.17. The van der Waals surface area contributed by atoms with Gasteiger partial charge in [-0.2, -0.15) is 5.10 Å². The van der Waals surface area contributed by atoms with Crippen LogP contribution in [0, 0.1) is 0 Å². The van der Waals surface area contributed by atoms with Crippen LogP contribution in [0.5, 0.6) is 0 Å². The fraction of sp³-hybridized carbons (Fsp3) is 0.286. The molecule has 3 aliphatic heterocycles. The minimum absolute atomic E-state index is 0.892. The molecule has 0 saturated carbocycles. The Morgan fingerprint density at radius 3 is 3.42 bits per heavy atom. The molecular formula is C7H7N5. The molecular weight excluding hydrogens is 154 g/mol. The van der Waals surface area contributed by atoms with Gasteiger partial charge < -0.3 is 5.32 Å². The van der Waals surface area contributed by atoms with Crippen LogP contribution >= 0.6 is 0 Å². The fourth-order valence-electron chi connectivity index (χ4n) is 1.50. The smallest absolute Gasteiger partial charge is 0.204 e. The maximum absolute atomic E-state index is 4.23. The minimum Gasteiger partial charge on any atom is -0.354 e. The van der Waals surface area contributed by atoms with Crippen molar-refractivity contribution in [2.24, 2.45) is 0 Å². The van der Waals surface area contributed by atoms with Crippen LogP contribution in [0.4, 0.5) is 5.95 Å². The predicted octanol–water partition coefficient (Wildman–Crippen LogP) is 0.203. The molecule has 0 spiro atoms. The zero-order valence-corrected chi connectivity index (χ0v) is 6.36. The Morgan fingerprint density at radius 2 is 2.42 bits per heavy atom. The molecule has 0 aromatic heterocycles. The molecule has 5 heteroatoms. The zero-order valence-electron chi connectivity index (χ0n) is 6.36. The molecule has 3 aliphatic rings. The largest absolute Gasteiger partial charge is 0.354 e. The molecule has 0 aromatic rings. The summed E-state index contributed by atoms with van der Waals surface area (Å²) in [5.41, 5.74) is 1.00. The average molecular weight is 161 g/mol. The molecule has 0 radical (unpaired) electrons. The van der Waals surface area contributed by atoms with E-state index in [1.54, 1.807) is 12.4 Å². The van der Waals surface area contributed by atoms with Crippen molar-refractivity contribution in [2.45, 2.75) is 6.54 Å². The first-order valence-corrected chi connectivity index (χ1v) is 3.86. The van der Waals surface area contributed by atoms with Crippen molar-refractivity contribution < 1.29 is 0 Å². The van der Waals surface area contributed by atoms with Crippen LogP contribution in [0.2, 0.25) is 0 Å². The lowest BCUT2D eigenvalue weighted by Crippen LogP contribution is -2.01. The first kappa shape index (κ1) is 5.93. The van der Waals surface area contributed by atoms with Crippen LogP contribution in [0.25, 0.3) is 11.4 Å². The molecule has 0 saturated heterocycles. The van der Waals surface area contributed by atoms with Crippen molar-refractivity contribution in [3.05, 3.63) is 12.4 Å². The Kier molecular flexibility index (Phi) is 0.957. The summed E-state index contributed by atoms with van der Waals surface area (Å²) in [6.07, 6.45) is 3.52. The van der Waals surface area contributed by atoms with Gasteiger partial charge in [0.05, 0.1) is 11.8 Å². The van der Waals surface area contributed by atoms with Gasteiger partial charge in [0, 0.05) is 19.3 Å². The van der Waals surface area contributed by atoms with Crippen LogP contribution < -0.4 is 5.32 Å². The Labute approximate surface area is 68.8 Å². The van der Waals surface area contributed by atoms with Crippen molar-refractivity contribution in [2.75, 3.05) is 11.9 Å². The Balaban J connectivity index is 2.37. The van der Waals surface area contributed by atoms with Gasteiger partial charge in [-0.3, -0.25) is 4.57 Å². The number of nitrogens with one attached hydrogen (secondary N) is 1. The van der Waals surface area contributed by atoms with E-state index in [1.807, 2.05) is 4.57 Å². The Morgan fingerprint density at radius 1 is 1.42 bits per heavy atom. The number of rotatable bonds is 0. The summed E-state index contributed by atoms with van der Waals surface area (Å²) in [5, 5.41) is 11.0. The summed E-state index contributed by atoms with van der Waals surface area (Å²) in [6, 6.07) is 0. The monoisotopic (exact) mass is 161 g/mol. The summed E-state index contributed by atoms with van der Waals surface area (Å²) < 4.78 is 2.04. The Bertz CT molecular complexity index is 393. The van der Waals surface area contributed by atoms with E-state index in [2.05, 4.69) is 20.5 Å². The molecule has 0 unspecified atom stereocenters. The maximum Gasteiger partial charge on any atom is 0.204 e. The summed E-state index contributed by atoms with van der Waals surface area (Å²) >= 11 is 0. The van der Waals surface area contributed by atoms with Gasteiger partial charge in [0.15, 0.2) is 5.82 Å². The Hall–Kier alpha value is -1.65. The summed E-state index contributed by atoms with van der Waals surface area (Å²) in [6.45, 7) is 1.86. The number of fused-ring (bicyclic) bond motifs is 3. The second kappa shape index (κ2) is 1.94. The molecule has 0 fully saturated rings. The molecule has 0 atom stereocenters. The molecule has 0 aliphatic carbocycles. The molecule has 0 aromatic carbocycles. The van der Waals surface area contributed by atoms with E-state index in [4.69, 9.17) is 0 Å². The van der Waals surface area contributed by atoms with Crippen molar-refractivity contribution in [3.63, 3.8) is 0 Å². The lowest BCUT2D eigenvalue weighted by molar-refractivity contribution is 0.778. The van der Waals surface area contributed by atoms with E-state index in [0.717, 1.165) is 30.4 Å². The van der Waals surface area contributed by atoms with Gasteiger partial charge in [0.1, 0.15) is 0 Å². The molecule has 0 amide bonds. The minimum atomic E-state index is 0.892. The fourth-order valence-corrected chi connectivity index (χ4v) is 1.50. The van der Waals surface area contributed by atoms with Crippen molar-refractivity contribution in [1.82, 2.24) is 19.7 Å². The van der Waals surface area contributed by atoms with Crippen molar-refractivity contribution >= 4 is 5.95 Å². The van der Waals surface area contributed by atoms with Crippen molar-refractivity contribution in [3.8, 4) is 11.4 Å². The third kappa shape index (κ3) is 0.603. The standard InChI is InChI=1S/C7H7N5/c1-2-12-6-5(4-10-11-6)3-9-7(12)8-1/h3-4H,1-2H2,(H,8,9). The van der Waals surface area contributed by atoms with Crippen molar-refractivity contribution in [1.29, 1.82) is 0 Å². The van der Waals surface area contributed by atoms with E-state index in [1.165, 1.54) is 0 Å². The third-order valence-electron chi connectivity index (χ3n) is 2.06. The number of aromatic nitrogens is 4. The van der Waals surface area contributed by atoms with E-state index in [-0.39, 0.29) is 0 Å². The third-order valence-corrected chi connectivity index (χ3v) is 2.06. The maximum atomic E-state index is 4.23. The summed E-state index contributed by atoms with van der Waals surface area (Å²) in [7, 11) is 0. The van der Waals surface area contributed by atoms with Gasteiger partial charge in [-0.25, -0.2) is 4.98 Å². The number of hydrogen-bond acceptors (Lipinski definition) is 4. The molecule has 1 N–H and O–H groups in total. The summed E-state index contributed by atoms with van der Waals surface area (Å²) in [5.74, 6) is 1.81. The molecule has 0 bridgehead atoms. The van der Waals surface area contributed by atoms with Crippen LogP contribution in [-0.4, -0.2) is 26.3 Å². The van der Waals surface area contributed by atoms with Crippen LogP contribution in [0.3, 0.4) is 0 Å². The topological polar surface area (TPSA) is 55.6 Å². The number of nitrogens with zero attached hydrogens (tertiary/aromatic N) is 4. The van der Waals surface area contributed by atoms with Crippen LogP contribution in [-0.2, 0) is 6.54 Å². The highest BCUT2D eigenvalue weighted by atomic mass is 15.3. The number of hydrogen-bond donors (Lipinski definition) is 1. The molecule has 3 heterocycles. The average Bonchev–Trinajstić information content (AvgIpc) is 2.71. The van der Waals surface area contributed by atoms with Gasteiger partial charge in [0.25, 0.3) is 0 Å². The second-order valence-corrected chi connectivity index (χ2v) is 2.78. The van der Waals surface area contributed by atoms with Gasteiger partial charge in [0.2, 0.25) is 5.95 Å². The predicted molar refractivity (Wildman–Crippen MR) is 42.9 cm³/mol. The molecule has 12 heavy (non-hydrogen) atoms. The quantitative estimate of drug-likeness (QED) is 0.599. The first-order chi connectivity index (χ1) is 5.95. The molecule has 3 rings (SSSR count). The lowest BCUT2D eigenvalue weighted by atomic mass is 10.3. The van der Waals surface area contributed by atoms with Crippen LogP contribution in [0.15, 0.2) is 12.4 Å². The van der Waals surface area contributed by atoms with Gasteiger partial charge in [-0.05, 0) is 0 Å². The molecule has 60 valence electrons. The van der Waals surface area contributed by atoms with Gasteiger partial charge in [-0.1, -0.05) is 0 Å². The lowest BCUT2D eigenvalue weighted by Gasteiger charge is -2.04. The van der Waals surface area contributed by atoms with E-state index in [9.17, 15) is 0 Å². The zero-order chi connectivity index (χ0) is 7.97. The first-order valence-electron chi connectivity index (χ1n) is 3.86. The van der Waals surface area contributed by atoms with E-state index in [0.29, 0.717) is 0 Å². The SMILES string of the molecule is c1nnc2n3c(ncc1-2)NCC3. The van der Waals surface area contributed by atoms with Gasteiger partial charge >= 0.3 is 0 Å². The normalized spacial score (nSPS) is 14.7. The van der Waals surface area contributed by atoms with Crippen LogP contribution in [0.1, 0.15) is 0 Å². The van der Waals surface area contributed by atoms with E-state index < -0.39 is 0 Å². The highest BCUT2D eigenvalue weighted by Crippen LogP contribution is 2.23. The van der Waals surface area contributed by atoms with Gasteiger partial charge in [-0.15, -0.1) is 5.10 Å². The highest BCUT2D eigenvalue weighted by molar-refractivity contribution is 5.57. The second-order valence-electron chi connectivity index (χ2n) is 2.78. The summed E-state index contributed by atoms with van der Waals surface area (Å²) in [4.78, 5) is 4.23. The van der Waals surface area contributed by atoms with E-state index >= 15 is 0 Å². The number of anilines is 1. The molecule has 5 nitrogen and oxygen atoms in total.